The zero-order valence-electron chi connectivity index (χ0n) is 11.8. The number of anilines is 1. The van der Waals surface area contributed by atoms with Crippen LogP contribution >= 0.6 is 0 Å². The van der Waals surface area contributed by atoms with Gasteiger partial charge in [0.05, 0.1) is 11.6 Å². The van der Waals surface area contributed by atoms with E-state index in [1.54, 1.807) is 6.20 Å². The molecule has 4 rings (SSSR count). The number of aromatic nitrogens is 3. The minimum atomic E-state index is -0.679. The Balaban J connectivity index is 1.62. The quantitative estimate of drug-likeness (QED) is 0.933. The Labute approximate surface area is 122 Å². The largest absolute Gasteiger partial charge is 0.481 e. The summed E-state index contributed by atoms with van der Waals surface area (Å²) in [7, 11) is 0. The van der Waals surface area contributed by atoms with Gasteiger partial charge in [-0.1, -0.05) is 0 Å². The van der Waals surface area contributed by atoms with E-state index in [1.807, 2.05) is 10.7 Å². The molecule has 0 unspecified atom stereocenters. The van der Waals surface area contributed by atoms with Crippen molar-refractivity contribution in [3.05, 3.63) is 24.2 Å². The molecule has 1 aliphatic carbocycles. The molecular weight excluding hydrogens is 268 g/mol. The molecular formula is C15H18N4O2. The molecule has 21 heavy (non-hydrogen) atoms. The Kier molecular flexibility index (Phi) is 2.83. The van der Waals surface area contributed by atoms with Crippen molar-refractivity contribution >= 4 is 17.3 Å². The van der Waals surface area contributed by atoms with Crippen LogP contribution in [-0.4, -0.2) is 38.8 Å². The van der Waals surface area contributed by atoms with Crippen LogP contribution < -0.4 is 4.90 Å². The van der Waals surface area contributed by atoms with Crippen LogP contribution in [-0.2, 0) is 4.79 Å². The first-order valence-corrected chi connectivity index (χ1v) is 7.54. The summed E-state index contributed by atoms with van der Waals surface area (Å²) < 4.78 is 1.90. The fraction of sp³-hybridized carbons (Fsp3) is 0.533. The van der Waals surface area contributed by atoms with Crippen LogP contribution in [0.2, 0.25) is 0 Å². The van der Waals surface area contributed by atoms with Gasteiger partial charge in [0.15, 0.2) is 5.82 Å². The van der Waals surface area contributed by atoms with Crippen molar-refractivity contribution in [3.8, 4) is 0 Å². The molecule has 0 spiro atoms. The zero-order valence-corrected chi connectivity index (χ0v) is 11.8. The summed E-state index contributed by atoms with van der Waals surface area (Å²) in [5.74, 6) is 0.658. The number of hydrogen-bond donors (Lipinski definition) is 1. The summed E-state index contributed by atoms with van der Waals surface area (Å²) in [5, 5.41) is 13.7. The maximum atomic E-state index is 11.0. The molecule has 3 heterocycles. The average molecular weight is 286 g/mol. The van der Waals surface area contributed by atoms with Gasteiger partial charge in [-0.15, -0.1) is 0 Å². The predicted molar refractivity (Wildman–Crippen MR) is 77.5 cm³/mol. The normalized spacial score (nSPS) is 20.1. The number of carboxylic acid groups (broad SMARTS) is 1. The highest BCUT2D eigenvalue weighted by molar-refractivity contribution is 5.72. The van der Waals surface area contributed by atoms with Crippen LogP contribution in [0.15, 0.2) is 18.5 Å². The van der Waals surface area contributed by atoms with Gasteiger partial charge in [0.1, 0.15) is 5.52 Å². The fourth-order valence-electron chi connectivity index (χ4n) is 3.09. The number of fused-ring (bicyclic) bond motifs is 1. The van der Waals surface area contributed by atoms with E-state index in [0.717, 1.165) is 30.1 Å². The van der Waals surface area contributed by atoms with E-state index in [1.165, 1.54) is 12.8 Å². The zero-order chi connectivity index (χ0) is 14.4. The highest BCUT2D eigenvalue weighted by Crippen LogP contribution is 2.40. The van der Waals surface area contributed by atoms with E-state index in [2.05, 4.69) is 21.0 Å². The molecule has 0 radical (unpaired) electrons. The van der Waals surface area contributed by atoms with Crippen LogP contribution in [0.5, 0.6) is 0 Å². The monoisotopic (exact) mass is 286 g/mol. The Hall–Kier alpha value is -2.11. The lowest BCUT2D eigenvalue weighted by molar-refractivity contribution is -0.142. The Bertz CT molecular complexity index is 684. The van der Waals surface area contributed by atoms with Crippen LogP contribution in [0.4, 0.5) is 5.82 Å². The highest BCUT2D eigenvalue weighted by Gasteiger charge is 2.29. The Morgan fingerprint density at radius 3 is 2.67 bits per heavy atom. The number of piperidine rings is 1. The molecule has 6 heteroatoms. The van der Waals surface area contributed by atoms with E-state index in [4.69, 9.17) is 5.11 Å². The number of aliphatic carboxylic acids is 1. The first-order chi connectivity index (χ1) is 10.2. The van der Waals surface area contributed by atoms with Gasteiger partial charge in [0, 0.05) is 31.4 Å². The topological polar surface area (TPSA) is 70.7 Å². The third kappa shape index (κ3) is 2.24. The van der Waals surface area contributed by atoms with E-state index in [9.17, 15) is 4.79 Å². The van der Waals surface area contributed by atoms with Gasteiger partial charge in [0.25, 0.3) is 0 Å². The summed E-state index contributed by atoms with van der Waals surface area (Å²) >= 11 is 0. The van der Waals surface area contributed by atoms with Crippen molar-refractivity contribution in [2.24, 2.45) is 5.92 Å². The highest BCUT2D eigenvalue weighted by atomic mass is 16.4. The van der Waals surface area contributed by atoms with Crippen molar-refractivity contribution in [1.82, 2.24) is 14.6 Å². The van der Waals surface area contributed by atoms with Gasteiger partial charge in [-0.25, -0.2) is 9.50 Å². The SMILES string of the molecule is O=C(O)C1CCN(c2nccn3nc(C4CC4)cc23)CC1. The third-order valence-electron chi connectivity index (χ3n) is 4.53. The van der Waals surface area contributed by atoms with Crippen molar-refractivity contribution in [2.75, 3.05) is 18.0 Å². The maximum absolute atomic E-state index is 11.0. The summed E-state index contributed by atoms with van der Waals surface area (Å²) in [5.41, 5.74) is 2.19. The smallest absolute Gasteiger partial charge is 0.306 e. The maximum Gasteiger partial charge on any atom is 0.306 e. The molecule has 0 bridgehead atoms. The van der Waals surface area contributed by atoms with E-state index >= 15 is 0 Å². The summed E-state index contributed by atoms with van der Waals surface area (Å²) in [6.07, 6.45) is 7.49. The minimum Gasteiger partial charge on any atom is -0.481 e. The lowest BCUT2D eigenvalue weighted by Crippen LogP contribution is -2.37. The average Bonchev–Trinajstić information content (AvgIpc) is 3.26. The number of rotatable bonds is 3. The molecule has 6 nitrogen and oxygen atoms in total. The summed E-state index contributed by atoms with van der Waals surface area (Å²) in [6.45, 7) is 1.49. The minimum absolute atomic E-state index is 0.215. The van der Waals surface area contributed by atoms with Crippen molar-refractivity contribution < 1.29 is 9.90 Å². The molecule has 2 aromatic rings. The van der Waals surface area contributed by atoms with Gasteiger partial charge >= 0.3 is 5.97 Å². The lowest BCUT2D eigenvalue weighted by atomic mass is 9.97. The molecule has 1 N–H and O–H groups in total. The summed E-state index contributed by atoms with van der Waals surface area (Å²) in [6, 6.07) is 2.14. The number of carboxylic acids is 1. The van der Waals surface area contributed by atoms with E-state index < -0.39 is 5.97 Å². The number of hydrogen-bond acceptors (Lipinski definition) is 4. The number of carbonyl (C=O) groups is 1. The second-order valence-corrected chi connectivity index (χ2v) is 6.02. The van der Waals surface area contributed by atoms with Crippen LogP contribution in [0.3, 0.4) is 0 Å². The van der Waals surface area contributed by atoms with Gasteiger partial charge in [-0.3, -0.25) is 4.79 Å². The van der Waals surface area contributed by atoms with Crippen molar-refractivity contribution in [2.45, 2.75) is 31.6 Å². The van der Waals surface area contributed by atoms with Gasteiger partial charge < -0.3 is 10.0 Å². The van der Waals surface area contributed by atoms with Gasteiger partial charge in [-0.2, -0.15) is 5.10 Å². The second kappa shape index (κ2) is 4.72. The molecule has 2 aromatic heterocycles. The molecule has 1 aliphatic heterocycles. The molecule has 2 aliphatic rings. The molecule has 110 valence electrons. The molecule has 1 saturated carbocycles. The summed E-state index contributed by atoms with van der Waals surface area (Å²) in [4.78, 5) is 17.7. The van der Waals surface area contributed by atoms with Crippen LogP contribution in [0.1, 0.15) is 37.3 Å². The third-order valence-corrected chi connectivity index (χ3v) is 4.53. The van der Waals surface area contributed by atoms with Crippen molar-refractivity contribution in [3.63, 3.8) is 0 Å². The fourth-order valence-corrected chi connectivity index (χ4v) is 3.09. The van der Waals surface area contributed by atoms with Gasteiger partial charge in [0.2, 0.25) is 0 Å². The van der Waals surface area contributed by atoms with Crippen LogP contribution in [0.25, 0.3) is 5.52 Å². The van der Waals surface area contributed by atoms with Gasteiger partial charge in [-0.05, 0) is 31.7 Å². The first kappa shape index (κ1) is 12.6. The van der Waals surface area contributed by atoms with Crippen molar-refractivity contribution in [1.29, 1.82) is 0 Å². The first-order valence-electron chi connectivity index (χ1n) is 7.54. The lowest BCUT2D eigenvalue weighted by Gasteiger charge is -2.31. The van der Waals surface area contributed by atoms with Crippen LogP contribution in [0, 0.1) is 5.92 Å². The second-order valence-electron chi connectivity index (χ2n) is 6.02. The molecule has 2 fully saturated rings. The molecule has 0 amide bonds. The predicted octanol–water partition coefficient (Wildman–Crippen LogP) is 1.91. The number of nitrogens with zero attached hydrogens (tertiary/aromatic N) is 4. The standard InChI is InChI=1S/C15H18N4O2/c20-15(21)11-3-6-18(7-4-11)14-13-9-12(10-1-2-10)17-19(13)8-5-16-14/h5,8-11H,1-4,6-7H2,(H,20,21). The van der Waals surface area contributed by atoms with E-state index in [-0.39, 0.29) is 5.92 Å². The Morgan fingerprint density at radius 2 is 2.00 bits per heavy atom. The Morgan fingerprint density at radius 1 is 1.24 bits per heavy atom. The van der Waals surface area contributed by atoms with E-state index in [0.29, 0.717) is 18.8 Å². The molecule has 0 aromatic carbocycles. The molecule has 0 atom stereocenters. The molecule has 1 saturated heterocycles.